The van der Waals surface area contributed by atoms with Crippen molar-refractivity contribution in [1.82, 2.24) is 10.6 Å². The van der Waals surface area contributed by atoms with Gasteiger partial charge in [0.2, 0.25) is 5.91 Å². The standard InChI is InChI=1S/C13H19FN2O/c1-13(2,12(17)15-3)9-16-8-10-5-4-6-11(14)7-10/h4-7,16H,8-9H2,1-3H3,(H,15,17). The van der Waals surface area contributed by atoms with E-state index in [1.807, 2.05) is 19.9 Å². The van der Waals surface area contributed by atoms with Crippen molar-refractivity contribution >= 4 is 5.91 Å². The van der Waals surface area contributed by atoms with Crippen molar-refractivity contribution < 1.29 is 9.18 Å². The smallest absolute Gasteiger partial charge is 0.226 e. The fraction of sp³-hybridized carbons (Fsp3) is 0.462. The summed E-state index contributed by atoms with van der Waals surface area (Å²) in [5.41, 5.74) is 0.403. The van der Waals surface area contributed by atoms with Gasteiger partial charge in [0.15, 0.2) is 0 Å². The van der Waals surface area contributed by atoms with Crippen molar-refractivity contribution in [3.05, 3.63) is 35.6 Å². The second-order valence-corrected chi connectivity index (χ2v) is 4.70. The lowest BCUT2D eigenvalue weighted by Crippen LogP contribution is -2.41. The normalized spacial score (nSPS) is 11.3. The molecule has 4 heteroatoms. The number of hydrogen-bond donors (Lipinski definition) is 2. The third kappa shape index (κ3) is 4.15. The van der Waals surface area contributed by atoms with Gasteiger partial charge in [0.1, 0.15) is 5.82 Å². The molecule has 0 saturated heterocycles. The van der Waals surface area contributed by atoms with Crippen LogP contribution in [0.3, 0.4) is 0 Å². The van der Waals surface area contributed by atoms with Crippen LogP contribution < -0.4 is 10.6 Å². The van der Waals surface area contributed by atoms with Crippen molar-refractivity contribution in [2.45, 2.75) is 20.4 Å². The van der Waals surface area contributed by atoms with E-state index >= 15 is 0 Å². The van der Waals surface area contributed by atoms with Gasteiger partial charge < -0.3 is 10.6 Å². The third-order valence-electron chi connectivity index (χ3n) is 2.63. The van der Waals surface area contributed by atoms with Gasteiger partial charge in [-0.25, -0.2) is 4.39 Å². The zero-order valence-corrected chi connectivity index (χ0v) is 10.5. The van der Waals surface area contributed by atoms with E-state index in [0.29, 0.717) is 13.1 Å². The number of rotatable bonds is 5. The highest BCUT2D eigenvalue weighted by atomic mass is 19.1. The zero-order valence-electron chi connectivity index (χ0n) is 10.5. The molecule has 1 aromatic rings. The Kier molecular flexibility index (Phi) is 4.63. The van der Waals surface area contributed by atoms with E-state index in [9.17, 15) is 9.18 Å². The quantitative estimate of drug-likeness (QED) is 0.819. The highest BCUT2D eigenvalue weighted by Gasteiger charge is 2.25. The van der Waals surface area contributed by atoms with Crippen LogP contribution in [0, 0.1) is 11.2 Å². The summed E-state index contributed by atoms with van der Waals surface area (Å²) in [5, 5.41) is 5.78. The lowest BCUT2D eigenvalue weighted by Gasteiger charge is -2.22. The van der Waals surface area contributed by atoms with Crippen LogP contribution in [0.4, 0.5) is 4.39 Å². The first-order valence-electron chi connectivity index (χ1n) is 5.63. The Morgan fingerprint density at radius 2 is 2.12 bits per heavy atom. The van der Waals surface area contributed by atoms with Crippen molar-refractivity contribution in [3.8, 4) is 0 Å². The predicted molar refractivity (Wildman–Crippen MR) is 66.0 cm³/mol. The molecule has 0 fully saturated rings. The Balaban J connectivity index is 2.45. The Bertz CT molecular complexity index is 391. The topological polar surface area (TPSA) is 41.1 Å². The van der Waals surface area contributed by atoms with Gasteiger partial charge in [0.25, 0.3) is 0 Å². The Labute approximate surface area is 101 Å². The highest BCUT2D eigenvalue weighted by Crippen LogP contribution is 2.13. The molecule has 0 heterocycles. The number of carbonyl (C=O) groups is 1. The molecule has 17 heavy (non-hydrogen) atoms. The number of hydrogen-bond acceptors (Lipinski definition) is 2. The molecule has 94 valence electrons. The summed E-state index contributed by atoms with van der Waals surface area (Å²) in [6.45, 7) is 4.83. The van der Waals surface area contributed by atoms with Crippen molar-refractivity contribution in [1.29, 1.82) is 0 Å². The minimum absolute atomic E-state index is 0.00996. The molecule has 1 aromatic carbocycles. The molecule has 0 unspecified atom stereocenters. The summed E-state index contributed by atoms with van der Waals surface area (Å²) in [7, 11) is 1.62. The molecule has 1 rings (SSSR count). The monoisotopic (exact) mass is 238 g/mol. The maximum Gasteiger partial charge on any atom is 0.226 e. The van der Waals surface area contributed by atoms with Gasteiger partial charge in [-0.2, -0.15) is 0 Å². The number of amides is 1. The molecular formula is C13H19FN2O. The lowest BCUT2D eigenvalue weighted by atomic mass is 9.92. The van der Waals surface area contributed by atoms with Crippen LogP contribution in [0.25, 0.3) is 0 Å². The van der Waals surface area contributed by atoms with Crippen LogP contribution >= 0.6 is 0 Å². The maximum absolute atomic E-state index is 12.9. The molecule has 0 bridgehead atoms. The molecule has 0 aliphatic carbocycles. The van der Waals surface area contributed by atoms with Crippen LogP contribution in [0.2, 0.25) is 0 Å². The van der Waals surface area contributed by atoms with Crippen LogP contribution in [-0.2, 0) is 11.3 Å². The molecule has 1 amide bonds. The van der Waals surface area contributed by atoms with Gasteiger partial charge in [0, 0.05) is 20.1 Å². The summed E-state index contributed by atoms with van der Waals surface area (Å²) in [4.78, 5) is 11.5. The summed E-state index contributed by atoms with van der Waals surface area (Å²) in [6, 6.07) is 6.43. The first-order chi connectivity index (χ1) is 7.95. The van der Waals surface area contributed by atoms with E-state index in [0.717, 1.165) is 5.56 Å². The van der Waals surface area contributed by atoms with Crippen LogP contribution in [0.5, 0.6) is 0 Å². The van der Waals surface area contributed by atoms with E-state index < -0.39 is 5.41 Å². The van der Waals surface area contributed by atoms with Gasteiger partial charge >= 0.3 is 0 Å². The second-order valence-electron chi connectivity index (χ2n) is 4.70. The predicted octanol–water partition coefficient (Wildman–Crippen LogP) is 1.69. The molecule has 3 nitrogen and oxygen atoms in total. The van der Waals surface area contributed by atoms with Crippen molar-refractivity contribution in [2.75, 3.05) is 13.6 Å². The molecule has 0 aliphatic rings. The average molecular weight is 238 g/mol. The third-order valence-corrected chi connectivity index (χ3v) is 2.63. The molecule has 2 N–H and O–H groups in total. The van der Waals surface area contributed by atoms with Gasteiger partial charge in [-0.05, 0) is 31.5 Å². The molecular weight excluding hydrogens is 219 g/mol. The van der Waals surface area contributed by atoms with Crippen LogP contribution in [0.1, 0.15) is 19.4 Å². The minimum atomic E-state index is -0.470. The van der Waals surface area contributed by atoms with Crippen molar-refractivity contribution in [3.63, 3.8) is 0 Å². The Morgan fingerprint density at radius 3 is 2.71 bits per heavy atom. The van der Waals surface area contributed by atoms with Gasteiger partial charge in [0.05, 0.1) is 5.41 Å². The van der Waals surface area contributed by atoms with E-state index in [4.69, 9.17) is 0 Å². The van der Waals surface area contributed by atoms with E-state index in [2.05, 4.69) is 10.6 Å². The fourth-order valence-electron chi connectivity index (χ4n) is 1.58. The number of benzene rings is 1. The minimum Gasteiger partial charge on any atom is -0.359 e. The molecule has 0 aromatic heterocycles. The molecule has 0 aliphatic heterocycles. The maximum atomic E-state index is 12.9. The van der Waals surface area contributed by atoms with Crippen LogP contribution in [-0.4, -0.2) is 19.5 Å². The fourth-order valence-corrected chi connectivity index (χ4v) is 1.58. The summed E-state index contributed by atoms with van der Waals surface area (Å²) in [5.74, 6) is -0.251. The largest absolute Gasteiger partial charge is 0.359 e. The number of halogens is 1. The van der Waals surface area contributed by atoms with Crippen LogP contribution in [0.15, 0.2) is 24.3 Å². The molecule has 0 saturated carbocycles. The first kappa shape index (κ1) is 13.6. The van der Waals surface area contributed by atoms with E-state index in [-0.39, 0.29) is 11.7 Å². The van der Waals surface area contributed by atoms with E-state index in [1.165, 1.54) is 12.1 Å². The average Bonchev–Trinajstić information content (AvgIpc) is 2.27. The number of nitrogens with one attached hydrogen (secondary N) is 2. The van der Waals surface area contributed by atoms with E-state index in [1.54, 1.807) is 13.1 Å². The summed E-state index contributed by atoms with van der Waals surface area (Å²) < 4.78 is 12.9. The van der Waals surface area contributed by atoms with Crippen molar-refractivity contribution in [2.24, 2.45) is 5.41 Å². The van der Waals surface area contributed by atoms with Gasteiger partial charge in [-0.1, -0.05) is 12.1 Å². The Hall–Kier alpha value is -1.42. The summed E-state index contributed by atoms with van der Waals surface area (Å²) in [6.07, 6.45) is 0. The summed E-state index contributed by atoms with van der Waals surface area (Å²) >= 11 is 0. The second kappa shape index (κ2) is 5.77. The number of carbonyl (C=O) groups excluding carboxylic acids is 1. The lowest BCUT2D eigenvalue weighted by molar-refractivity contribution is -0.128. The molecule has 0 spiro atoms. The first-order valence-corrected chi connectivity index (χ1v) is 5.63. The SMILES string of the molecule is CNC(=O)C(C)(C)CNCc1cccc(F)c1. The van der Waals surface area contributed by atoms with Gasteiger partial charge in [-0.3, -0.25) is 4.79 Å². The zero-order chi connectivity index (χ0) is 12.9. The molecule has 0 radical (unpaired) electrons. The Morgan fingerprint density at radius 1 is 1.41 bits per heavy atom. The van der Waals surface area contributed by atoms with Gasteiger partial charge in [-0.15, -0.1) is 0 Å². The highest BCUT2D eigenvalue weighted by molar-refractivity contribution is 5.81. The molecule has 0 atom stereocenters.